The van der Waals surface area contributed by atoms with Crippen LogP contribution in [0.25, 0.3) is 0 Å². The lowest BCUT2D eigenvalue weighted by Crippen LogP contribution is -2.15. The van der Waals surface area contributed by atoms with Gasteiger partial charge in [0.05, 0.1) is 7.11 Å². The minimum atomic E-state index is 0.363. The van der Waals surface area contributed by atoms with Gasteiger partial charge in [-0.3, -0.25) is 0 Å². The van der Waals surface area contributed by atoms with E-state index >= 15 is 0 Å². The van der Waals surface area contributed by atoms with Crippen LogP contribution in [-0.4, -0.2) is 13.7 Å². The summed E-state index contributed by atoms with van der Waals surface area (Å²) in [6, 6.07) is 14.9. The SMILES string of the molecule is COc1ccc(CC(CN)c2cc(C)cc(C)c2)cc1. The lowest BCUT2D eigenvalue weighted by molar-refractivity contribution is 0.414. The van der Waals surface area contributed by atoms with Gasteiger partial charge >= 0.3 is 0 Å². The van der Waals surface area contributed by atoms with Gasteiger partial charge in [0.2, 0.25) is 0 Å². The molecule has 0 bridgehead atoms. The van der Waals surface area contributed by atoms with Crippen LogP contribution >= 0.6 is 0 Å². The molecule has 0 aromatic heterocycles. The molecule has 2 aromatic rings. The van der Waals surface area contributed by atoms with Crippen LogP contribution < -0.4 is 10.5 Å². The number of rotatable bonds is 5. The van der Waals surface area contributed by atoms with Crippen molar-refractivity contribution in [3.05, 3.63) is 64.7 Å². The Bertz CT molecular complexity index is 540. The van der Waals surface area contributed by atoms with Crippen molar-refractivity contribution in [3.63, 3.8) is 0 Å². The highest BCUT2D eigenvalue weighted by Crippen LogP contribution is 2.23. The lowest BCUT2D eigenvalue weighted by atomic mass is 9.90. The molecule has 0 spiro atoms. The van der Waals surface area contributed by atoms with E-state index in [0.29, 0.717) is 12.5 Å². The fourth-order valence-corrected chi connectivity index (χ4v) is 2.63. The third kappa shape index (κ3) is 3.61. The molecule has 1 unspecified atom stereocenters. The zero-order chi connectivity index (χ0) is 14.5. The Kier molecular flexibility index (Phi) is 4.80. The molecule has 0 aliphatic rings. The Balaban J connectivity index is 2.19. The molecule has 0 saturated heterocycles. The number of aryl methyl sites for hydroxylation is 2. The first-order chi connectivity index (χ1) is 9.62. The van der Waals surface area contributed by atoms with E-state index in [4.69, 9.17) is 10.5 Å². The van der Waals surface area contributed by atoms with Crippen molar-refractivity contribution in [1.82, 2.24) is 0 Å². The summed E-state index contributed by atoms with van der Waals surface area (Å²) < 4.78 is 5.19. The molecule has 2 aromatic carbocycles. The average Bonchev–Trinajstić information content (AvgIpc) is 2.44. The first-order valence-corrected chi connectivity index (χ1v) is 7.03. The second-order valence-electron chi connectivity index (χ2n) is 5.41. The molecular formula is C18H23NO. The van der Waals surface area contributed by atoms with Crippen molar-refractivity contribution < 1.29 is 4.74 Å². The Labute approximate surface area is 121 Å². The summed E-state index contributed by atoms with van der Waals surface area (Å²) in [5.74, 6) is 1.26. The number of methoxy groups -OCH3 is 1. The van der Waals surface area contributed by atoms with Crippen molar-refractivity contribution in [1.29, 1.82) is 0 Å². The summed E-state index contributed by atoms with van der Waals surface area (Å²) in [5, 5.41) is 0. The molecule has 0 heterocycles. The summed E-state index contributed by atoms with van der Waals surface area (Å²) in [5.41, 5.74) is 11.2. The van der Waals surface area contributed by atoms with Gasteiger partial charge in [0.1, 0.15) is 5.75 Å². The molecule has 0 amide bonds. The zero-order valence-electron chi connectivity index (χ0n) is 12.5. The highest BCUT2D eigenvalue weighted by Gasteiger charge is 2.11. The van der Waals surface area contributed by atoms with Gasteiger partial charge in [-0.05, 0) is 50.1 Å². The van der Waals surface area contributed by atoms with Gasteiger partial charge in [-0.25, -0.2) is 0 Å². The molecule has 2 nitrogen and oxygen atoms in total. The van der Waals surface area contributed by atoms with E-state index in [2.05, 4.69) is 44.2 Å². The zero-order valence-corrected chi connectivity index (χ0v) is 12.5. The molecule has 0 saturated carbocycles. The van der Waals surface area contributed by atoms with Crippen LogP contribution in [0, 0.1) is 13.8 Å². The predicted molar refractivity (Wildman–Crippen MR) is 84.4 cm³/mol. The van der Waals surface area contributed by atoms with E-state index in [-0.39, 0.29) is 0 Å². The highest BCUT2D eigenvalue weighted by atomic mass is 16.5. The maximum atomic E-state index is 5.98. The van der Waals surface area contributed by atoms with Crippen molar-refractivity contribution in [2.75, 3.05) is 13.7 Å². The van der Waals surface area contributed by atoms with Crippen molar-refractivity contribution >= 4 is 0 Å². The molecule has 0 aliphatic heterocycles. The topological polar surface area (TPSA) is 35.2 Å². The second-order valence-corrected chi connectivity index (χ2v) is 5.41. The van der Waals surface area contributed by atoms with Crippen LogP contribution in [0.3, 0.4) is 0 Å². The molecule has 0 radical (unpaired) electrons. The minimum absolute atomic E-state index is 0.363. The third-order valence-electron chi connectivity index (χ3n) is 3.64. The molecule has 2 heteroatoms. The van der Waals surface area contributed by atoms with Crippen LogP contribution in [-0.2, 0) is 6.42 Å². The van der Waals surface area contributed by atoms with Gasteiger partial charge in [0.15, 0.2) is 0 Å². The van der Waals surface area contributed by atoms with E-state index in [1.807, 2.05) is 12.1 Å². The molecule has 1 atom stereocenters. The van der Waals surface area contributed by atoms with Crippen LogP contribution in [0.1, 0.15) is 28.2 Å². The predicted octanol–water partition coefficient (Wildman–Crippen LogP) is 3.60. The van der Waals surface area contributed by atoms with Gasteiger partial charge in [-0.15, -0.1) is 0 Å². The maximum Gasteiger partial charge on any atom is 0.118 e. The first-order valence-electron chi connectivity index (χ1n) is 7.03. The van der Waals surface area contributed by atoms with Gasteiger partial charge in [0.25, 0.3) is 0 Å². The van der Waals surface area contributed by atoms with E-state index in [0.717, 1.165) is 12.2 Å². The van der Waals surface area contributed by atoms with Crippen LogP contribution in [0.4, 0.5) is 0 Å². The van der Waals surface area contributed by atoms with Crippen LogP contribution in [0.5, 0.6) is 5.75 Å². The van der Waals surface area contributed by atoms with Crippen molar-refractivity contribution in [2.45, 2.75) is 26.2 Å². The van der Waals surface area contributed by atoms with E-state index in [1.54, 1.807) is 7.11 Å². The number of ether oxygens (including phenoxy) is 1. The molecule has 0 aliphatic carbocycles. The molecule has 2 rings (SSSR count). The summed E-state index contributed by atoms with van der Waals surface area (Å²) >= 11 is 0. The molecule has 106 valence electrons. The van der Waals surface area contributed by atoms with E-state index in [1.165, 1.54) is 22.3 Å². The number of hydrogen-bond donors (Lipinski definition) is 1. The largest absolute Gasteiger partial charge is 0.497 e. The van der Waals surface area contributed by atoms with E-state index < -0.39 is 0 Å². The summed E-state index contributed by atoms with van der Waals surface area (Å²) in [4.78, 5) is 0. The van der Waals surface area contributed by atoms with Crippen LogP contribution in [0.15, 0.2) is 42.5 Å². The smallest absolute Gasteiger partial charge is 0.118 e. The Morgan fingerprint density at radius 1 is 1.00 bits per heavy atom. The Hall–Kier alpha value is -1.80. The fraction of sp³-hybridized carbons (Fsp3) is 0.333. The summed E-state index contributed by atoms with van der Waals surface area (Å²) in [6.45, 7) is 4.93. The minimum Gasteiger partial charge on any atom is -0.497 e. The summed E-state index contributed by atoms with van der Waals surface area (Å²) in [6.07, 6.45) is 0.962. The number of hydrogen-bond acceptors (Lipinski definition) is 2. The number of nitrogens with two attached hydrogens (primary N) is 1. The van der Waals surface area contributed by atoms with Gasteiger partial charge in [-0.2, -0.15) is 0 Å². The first kappa shape index (κ1) is 14.6. The molecule has 2 N–H and O–H groups in total. The lowest BCUT2D eigenvalue weighted by Gasteiger charge is -2.17. The quantitative estimate of drug-likeness (QED) is 0.900. The van der Waals surface area contributed by atoms with Crippen molar-refractivity contribution in [3.8, 4) is 5.75 Å². The third-order valence-corrected chi connectivity index (χ3v) is 3.64. The summed E-state index contributed by atoms with van der Waals surface area (Å²) in [7, 11) is 1.69. The fourth-order valence-electron chi connectivity index (χ4n) is 2.63. The maximum absolute atomic E-state index is 5.98. The standard InChI is InChI=1S/C18H23NO/c1-13-8-14(2)10-16(9-13)17(12-19)11-15-4-6-18(20-3)7-5-15/h4-10,17H,11-12,19H2,1-3H3. The Morgan fingerprint density at radius 2 is 1.60 bits per heavy atom. The van der Waals surface area contributed by atoms with Gasteiger partial charge in [-0.1, -0.05) is 41.5 Å². The molecule has 0 fully saturated rings. The number of benzene rings is 2. The Morgan fingerprint density at radius 3 is 2.10 bits per heavy atom. The van der Waals surface area contributed by atoms with Crippen molar-refractivity contribution in [2.24, 2.45) is 5.73 Å². The average molecular weight is 269 g/mol. The normalized spacial score (nSPS) is 12.2. The van der Waals surface area contributed by atoms with E-state index in [9.17, 15) is 0 Å². The van der Waals surface area contributed by atoms with Gasteiger partial charge < -0.3 is 10.5 Å². The second kappa shape index (κ2) is 6.58. The molecule has 20 heavy (non-hydrogen) atoms. The monoisotopic (exact) mass is 269 g/mol. The van der Waals surface area contributed by atoms with Gasteiger partial charge in [0, 0.05) is 5.92 Å². The molecular weight excluding hydrogens is 246 g/mol. The van der Waals surface area contributed by atoms with Crippen LogP contribution in [0.2, 0.25) is 0 Å². The highest BCUT2D eigenvalue weighted by molar-refractivity contribution is 5.34.